The Morgan fingerprint density at radius 1 is 1.15 bits per heavy atom. The van der Waals surface area contributed by atoms with Crippen molar-refractivity contribution in [1.29, 1.82) is 0 Å². The predicted molar refractivity (Wildman–Crippen MR) is 95.9 cm³/mol. The Kier molecular flexibility index (Phi) is 4.14. The van der Waals surface area contributed by atoms with E-state index in [9.17, 15) is 9.59 Å². The molecule has 2 aromatic rings. The van der Waals surface area contributed by atoms with E-state index in [1.165, 1.54) is 14.0 Å². The number of benzene rings is 2. The van der Waals surface area contributed by atoms with Gasteiger partial charge in [0, 0.05) is 30.7 Å². The first kappa shape index (κ1) is 17.2. The molecule has 0 bridgehead atoms. The molecule has 0 saturated carbocycles. The molecule has 0 radical (unpaired) electrons. The molecule has 1 N–H and O–H groups in total. The maximum atomic E-state index is 12.9. The van der Waals surface area contributed by atoms with E-state index >= 15 is 0 Å². The molecule has 1 amide bonds. The van der Waals surface area contributed by atoms with Crippen molar-refractivity contribution in [3.63, 3.8) is 0 Å². The van der Waals surface area contributed by atoms with Crippen LogP contribution in [0.2, 0.25) is 0 Å². The maximum Gasteiger partial charge on any atom is 0.308 e. The molecule has 1 unspecified atom stereocenters. The highest BCUT2D eigenvalue weighted by atomic mass is 16.6. The van der Waals surface area contributed by atoms with Crippen LogP contribution in [0.15, 0.2) is 24.3 Å². The Hall–Kier alpha value is -3.22. The molecule has 2 heterocycles. The van der Waals surface area contributed by atoms with Gasteiger partial charge in [0.2, 0.25) is 5.91 Å². The molecule has 0 aliphatic carbocycles. The van der Waals surface area contributed by atoms with Gasteiger partial charge in [-0.1, -0.05) is 6.07 Å². The summed E-state index contributed by atoms with van der Waals surface area (Å²) in [5.74, 6) is 0.974. The van der Waals surface area contributed by atoms with E-state index in [2.05, 4.69) is 5.32 Å². The SMILES string of the molecule is COc1cc2c(cc1OC)C1C(=O)NCCc3ccc(OC(C)=O)c(c31)O2. The minimum atomic E-state index is -0.587. The minimum absolute atomic E-state index is 0.133. The summed E-state index contributed by atoms with van der Waals surface area (Å²) in [6.45, 7) is 1.85. The van der Waals surface area contributed by atoms with Crippen molar-refractivity contribution >= 4 is 11.9 Å². The van der Waals surface area contributed by atoms with Gasteiger partial charge in [0.1, 0.15) is 5.75 Å². The summed E-state index contributed by atoms with van der Waals surface area (Å²) >= 11 is 0. The Morgan fingerprint density at radius 3 is 2.59 bits per heavy atom. The standard InChI is InChI=1S/C20H19NO6/c1-10(22)26-13-5-4-11-6-7-21-20(23)18-12-8-15(24-2)16(25-3)9-14(12)27-19(13)17(11)18/h4-5,8-9,18H,6-7H2,1-3H3,(H,21,23). The van der Waals surface area contributed by atoms with Crippen LogP contribution in [-0.4, -0.2) is 32.6 Å². The zero-order chi connectivity index (χ0) is 19.1. The Balaban J connectivity index is 1.97. The van der Waals surface area contributed by atoms with Crippen LogP contribution in [0.3, 0.4) is 0 Å². The van der Waals surface area contributed by atoms with Gasteiger partial charge in [-0.25, -0.2) is 0 Å². The van der Waals surface area contributed by atoms with E-state index in [1.54, 1.807) is 25.3 Å². The molecule has 27 heavy (non-hydrogen) atoms. The molecule has 0 aromatic heterocycles. The fourth-order valence-electron chi connectivity index (χ4n) is 3.65. The second kappa shape index (κ2) is 6.50. The third-order valence-electron chi connectivity index (χ3n) is 4.79. The number of fused-ring (bicyclic) bond motifs is 2. The molecule has 2 aromatic carbocycles. The van der Waals surface area contributed by atoms with E-state index in [1.807, 2.05) is 6.07 Å². The van der Waals surface area contributed by atoms with Gasteiger partial charge in [-0.05, 0) is 24.1 Å². The van der Waals surface area contributed by atoms with Crippen molar-refractivity contribution in [1.82, 2.24) is 5.32 Å². The minimum Gasteiger partial charge on any atom is -0.493 e. The lowest BCUT2D eigenvalue weighted by Gasteiger charge is -2.29. The van der Waals surface area contributed by atoms with E-state index in [0.29, 0.717) is 47.3 Å². The summed E-state index contributed by atoms with van der Waals surface area (Å²) < 4.78 is 22.2. The number of carbonyl (C=O) groups excluding carboxylic acids is 2. The summed E-state index contributed by atoms with van der Waals surface area (Å²) in [7, 11) is 3.07. The van der Waals surface area contributed by atoms with E-state index in [0.717, 1.165) is 11.1 Å². The molecule has 2 aliphatic heterocycles. The molecule has 2 aliphatic rings. The average Bonchev–Trinajstić information content (AvgIpc) is 2.82. The van der Waals surface area contributed by atoms with Crippen LogP contribution >= 0.6 is 0 Å². The molecule has 4 rings (SSSR count). The number of esters is 1. The van der Waals surface area contributed by atoms with E-state index in [4.69, 9.17) is 18.9 Å². The van der Waals surface area contributed by atoms with Gasteiger partial charge in [0.15, 0.2) is 23.0 Å². The van der Waals surface area contributed by atoms with Crippen molar-refractivity contribution in [3.8, 4) is 28.7 Å². The topological polar surface area (TPSA) is 83.1 Å². The summed E-state index contributed by atoms with van der Waals surface area (Å²) in [5.41, 5.74) is 2.38. The highest BCUT2D eigenvalue weighted by molar-refractivity contribution is 5.92. The van der Waals surface area contributed by atoms with Gasteiger partial charge in [0.05, 0.1) is 20.1 Å². The zero-order valence-corrected chi connectivity index (χ0v) is 15.3. The van der Waals surface area contributed by atoms with Crippen molar-refractivity contribution in [2.45, 2.75) is 19.3 Å². The summed E-state index contributed by atoms with van der Waals surface area (Å²) in [5, 5.41) is 2.95. The van der Waals surface area contributed by atoms with Gasteiger partial charge in [-0.15, -0.1) is 0 Å². The maximum absolute atomic E-state index is 12.9. The summed E-state index contributed by atoms with van der Waals surface area (Å²) in [6.07, 6.45) is 0.664. The third kappa shape index (κ3) is 2.75. The number of ether oxygens (including phenoxy) is 4. The summed E-state index contributed by atoms with van der Waals surface area (Å²) in [4.78, 5) is 24.4. The molecule has 7 nitrogen and oxygen atoms in total. The molecular formula is C20H19NO6. The van der Waals surface area contributed by atoms with Crippen LogP contribution in [0.25, 0.3) is 0 Å². The van der Waals surface area contributed by atoms with E-state index in [-0.39, 0.29) is 5.91 Å². The first-order valence-electron chi connectivity index (χ1n) is 8.59. The smallest absolute Gasteiger partial charge is 0.308 e. The Morgan fingerprint density at radius 2 is 1.89 bits per heavy atom. The van der Waals surface area contributed by atoms with Crippen LogP contribution in [0.5, 0.6) is 28.7 Å². The average molecular weight is 369 g/mol. The molecule has 1 atom stereocenters. The van der Waals surface area contributed by atoms with E-state index < -0.39 is 11.9 Å². The normalized spacial score (nSPS) is 16.9. The van der Waals surface area contributed by atoms with Gasteiger partial charge < -0.3 is 24.3 Å². The van der Waals surface area contributed by atoms with Crippen molar-refractivity contribution < 1.29 is 28.5 Å². The molecule has 0 saturated heterocycles. The van der Waals surface area contributed by atoms with Crippen LogP contribution in [0, 0.1) is 0 Å². The number of hydrogen-bond donors (Lipinski definition) is 1. The quantitative estimate of drug-likeness (QED) is 0.661. The van der Waals surface area contributed by atoms with Crippen molar-refractivity contribution in [2.75, 3.05) is 20.8 Å². The Labute approximate surface area is 156 Å². The first-order valence-corrected chi connectivity index (χ1v) is 8.59. The van der Waals surface area contributed by atoms with Crippen LogP contribution in [0.4, 0.5) is 0 Å². The number of methoxy groups -OCH3 is 2. The third-order valence-corrected chi connectivity index (χ3v) is 4.79. The lowest BCUT2D eigenvalue weighted by atomic mass is 9.84. The largest absolute Gasteiger partial charge is 0.493 e. The molecular weight excluding hydrogens is 350 g/mol. The first-order chi connectivity index (χ1) is 13.0. The van der Waals surface area contributed by atoms with Gasteiger partial charge in [-0.2, -0.15) is 0 Å². The zero-order valence-electron chi connectivity index (χ0n) is 15.3. The predicted octanol–water partition coefficient (Wildman–Crippen LogP) is 2.54. The van der Waals surface area contributed by atoms with Crippen molar-refractivity contribution in [3.05, 3.63) is 41.0 Å². The number of hydrogen-bond acceptors (Lipinski definition) is 6. The fraction of sp³-hybridized carbons (Fsp3) is 0.300. The Bertz CT molecular complexity index is 952. The lowest BCUT2D eigenvalue weighted by molar-refractivity contribution is -0.132. The number of carbonyl (C=O) groups is 2. The highest BCUT2D eigenvalue weighted by Gasteiger charge is 2.39. The second-order valence-corrected chi connectivity index (χ2v) is 6.38. The lowest BCUT2D eigenvalue weighted by Crippen LogP contribution is -2.30. The van der Waals surface area contributed by atoms with Gasteiger partial charge in [-0.3, -0.25) is 9.59 Å². The fourth-order valence-corrected chi connectivity index (χ4v) is 3.65. The van der Waals surface area contributed by atoms with Gasteiger partial charge in [0.25, 0.3) is 0 Å². The molecule has 0 spiro atoms. The molecule has 140 valence electrons. The summed E-state index contributed by atoms with van der Waals surface area (Å²) in [6, 6.07) is 7.02. The number of rotatable bonds is 3. The van der Waals surface area contributed by atoms with Gasteiger partial charge >= 0.3 is 5.97 Å². The van der Waals surface area contributed by atoms with Crippen LogP contribution in [-0.2, 0) is 16.0 Å². The number of amides is 1. The highest BCUT2D eigenvalue weighted by Crippen LogP contribution is 2.52. The molecule has 0 fully saturated rings. The molecule has 7 heteroatoms. The monoisotopic (exact) mass is 369 g/mol. The van der Waals surface area contributed by atoms with Crippen molar-refractivity contribution in [2.24, 2.45) is 0 Å². The second-order valence-electron chi connectivity index (χ2n) is 6.38. The number of nitrogens with one attached hydrogen (secondary N) is 1. The van der Waals surface area contributed by atoms with Crippen LogP contribution < -0.4 is 24.3 Å². The van der Waals surface area contributed by atoms with Crippen LogP contribution in [0.1, 0.15) is 29.5 Å².